The number of hydrogen-bond acceptors (Lipinski definition) is 5. The molecule has 0 spiro atoms. The van der Waals surface area contributed by atoms with Gasteiger partial charge in [0.2, 0.25) is 5.91 Å². The van der Waals surface area contributed by atoms with Gasteiger partial charge in [0.15, 0.2) is 0 Å². The molecule has 0 bridgehead atoms. The second-order valence-corrected chi connectivity index (χ2v) is 7.78. The zero-order valence-electron chi connectivity index (χ0n) is 18.0. The number of nitrogens with zero attached hydrogens (tertiary/aromatic N) is 1. The van der Waals surface area contributed by atoms with E-state index in [0.29, 0.717) is 38.3 Å². The predicted octanol–water partition coefficient (Wildman–Crippen LogP) is 4.62. The van der Waals surface area contributed by atoms with Gasteiger partial charge in [-0.15, -0.1) is 0 Å². The van der Waals surface area contributed by atoms with Crippen molar-refractivity contribution in [3.05, 3.63) is 87.9 Å². The third-order valence-corrected chi connectivity index (χ3v) is 5.08. The second kappa shape index (κ2) is 11.8. The molecule has 0 atom stereocenters. The molecule has 3 aromatic rings. The van der Waals surface area contributed by atoms with E-state index in [4.69, 9.17) is 27.9 Å². The van der Waals surface area contributed by atoms with Gasteiger partial charge in [0.25, 0.3) is 0 Å². The maximum atomic E-state index is 12.0. The molecule has 174 valence electrons. The van der Waals surface area contributed by atoms with Crippen LogP contribution in [-0.2, 0) is 21.0 Å². The van der Waals surface area contributed by atoms with E-state index in [1.165, 1.54) is 13.1 Å². The molecule has 34 heavy (non-hydrogen) atoms. The first-order valence-corrected chi connectivity index (χ1v) is 10.7. The molecule has 0 fully saturated rings. The van der Waals surface area contributed by atoms with Crippen LogP contribution in [-0.4, -0.2) is 23.9 Å². The van der Waals surface area contributed by atoms with Gasteiger partial charge in [0, 0.05) is 33.9 Å². The molecule has 0 heterocycles. The van der Waals surface area contributed by atoms with E-state index in [0.717, 1.165) is 0 Å². The molecule has 0 aliphatic carbocycles. The second-order valence-electron chi connectivity index (χ2n) is 6.97. The fraction of sp³-hybridized carbons (Fsp3) is 0.0833. The van der Waals surface area contributed by atoms with E-state index in [1.807, 2.05) is 0 Å². The van der Waals surface area contributed by atoms with Crippen LogP contribution in [0.3, 0.4) is 0 Å². The van der Waals surface area contributed by atoms with Gasteiger partial charge in [-0.1, -0.05) is 29.3 Å². The number of amides is 3. The molecule has 0 radical (unpaired) electrons. The standard InChI is InChI=1S/C24H20Cl2N4O4/c1-15(31)28-17-7-9-18(10-8-17)29-23(32)24(33)30-27-13-16-5-11-19(12-6-16)34-14-20-21(25)3-2-4-22(20)26/h2-13H,14H2,1H3,(H,28,31)(H,29,32)(H,30,33)/b27-13+. The quantitative estimate of drug-likeness (QED) is 0.250. The molecular formula is C24H20Cl2N4O4. The number of hydrogen-bond donors (Lipinski definition) is 3. The van der Waals surface area contributed by atoms with E-state index in [2.05, 4.69) is 21.2 Å². The summed E-state index contributed by atoms with van der Waals surface area (Å²) in [6.07, 6.45) is 1.39. The molecular weight excluding hydrogens is 479 g/mol. The summed E-state index contributed by atoms with van der Waals surface area (Å²) in [4.78, 5) is 35.0. The molecule has 8 nitrogen and oxygen atoms in total. The zero-order chi connectivity index (χ0) is 24.5. The Morgan fingerprint density at radius 1 is 0.853 bits per heavy atom. The normalized spacial score (nSPS) is 10.6. The molecule has 3 aromatic carbocycles. The minimum absolute atomic E-state index is 0.210. The van der Waals surface area contributed by atoms with Gasteiger partial charge in [0.1, 0.15) is 12.4 Å². The van der Waals surface area contributed by atoms with Crippen LogP contribution < -0.4 is 20.8 Å². The van der Waals surface area contributed by atoms with E-state index < -0.39 is 11.8 Å². The summed E-state index contributed by atoms with van der Waals surface area (Å²) in [5.74, 6) is -1.43. The summed E-state index contributed by atoms with van der Waals surface area (Å²) in [6, 6.07) is 18.5. The number of benzene rings is 3. The van der Waals surface area contributed by atoms with Crippen LogP contribution in [0.1, 0.15) is 18.1 Å². The van der Waals surface area contributed by atoms with Crippen molar-refractivity contribution < 1.29 is 19.1 Å². The summed E-state index contributed by atoms with van der Waals surface area (Å²) in [5.41, 5.74) is 4.50. The largest absolute Gasteiger partial charge is 0.489 e. The number of halogens is 2. The highest BCUT2D eigenvalue weighted by Crippen LogP contribution is 2.25. The van der Waals surface area contributed by atoms with Gasteiger partial charge in [-0.3, -0.25) is 14.4 Å². The number of carbonyl (C=O) groups excluding carboxylic acids is 3. The number of carbonyl (C=O) groups is 3. The Labute approximate surface area is 205 Å². The van der Waals surface area contributed by atoms with Gasteiger partial charge in [-0.25, -0.2) is 5.43 Å². The Bertz CT molecular complexity index is 1190. The zero-order valence-corrected chi connectivity index (χ0v) is 19.5. The Morgan fingerprint density at radius 2 is 1.44 bits per heavy atom. The van der Waals surface area contributed by atoms with Crippen LogP contribution >= 0.6 is 23.2 Å². The van der Waals surface area contributed by atoms with Crippen LogP contribution in [0.4, 0.5) is 11.4 Å². The van der Waals surface area contributed by atoms with Crippen molar-refractivity contribution in [2.75, 3.05) is 10.6 Å². The van der Waals surface area contributed by atoms with E-state index in [-0.39, 0.29) is 12.5 Å². The minimum atomic E-state index is -0.932. The Hall–Kier alpha value is -3.88. The Kier molecular flexibility index (Phi) is 8.61. The van der Waals surface area contributed by atoms with Gasteiger partial charge >= 0.3 is 11.8 Å². The first-order chi connectivity index (χ1) is 16.3. The maximum absolute atomic E-state index is 12.0. The van der Waals surface area contributed by atoms with Crippen molar-refractivity contribution in [3.8, 4) is 5.75 Å². The first-order valence-electron chi connectivity index (χ1n) is 9.99. The van der Waals surface area contributed by atoms with E-state index in [1.54, 1.807) is 66.7 Å². The molecule has 0 aliphatic heterocycles. The molecule has 10 heteroatoms. The van der Waals surface area contributed by atoms with Crippen molar-refractivity contribution in [1.82, 2.24) is 5.43 Å². The summed E-state index contributed by atoms with van der Waals surface area (Å²) >= 11 is 12.3. The Morgan fingerprint density at radius 3 is 2.03 bits per heavy atom. The highest BCUT2D eigenvalue weighted by atomic mass is 35.5. The lowest BCUT2D eigenvalue weighted by molar-refractivity contribution is -0.136. The van der Waals surface area contributed by atoms with Crippen molar-refractivity contribution in [3.63, 3.8) is 0 Å². The SMILES string of the molecule is CC(=O)Nc1ccc(NC(=O)C(=O)N/N=C/c2ccc(OCc3c(Cl)cccc3Cl)cc2)cc1. The summed E-state index contributed by atoms with van der Waals surface area (Å²) in [6.45, 7) is 1.61. The molecule has 3 rings (SSSR count). The molecule has 0 saturated heterocycles. The van der Waals surface area contributed by atoms with Crippen LogP contribution in [0.5, 0.6) is 5.75 Å². The van der Waals surface area contributed by atoms with Gasteiger partial charge in [-0.2, -0.15) is 5.10 Å². The maximum Gasteiger partial charge on any atom is 0.329 e. The third-order valence-electron chi connectivity index (χ3n) is 4.37. The highest BCUT2D eigenvalue weighted by Gasteiger charge is 2.13. The highest BCUT2D eigenvalue weighted by molar-refractivity contribution is 6.39. The number of anilines is 2. The summed E-state index contributed by atoms with van der Waals surface area (Å²) in [7, 11) is 0. The van der Waals surface area contributed by atoms with Gasteiger partial charge in [0.05, 0.1) is 6.21 Å². The fourth-order valence-corrected chi connectivity index (χ4v) is 3.23. The van der Waals surface area contributed by atoms with Crippen molar-refractivity contribution >= 4 is 58.5 Å². The van der Waals surface area contributed by atoms with Gasteiger partial charge < -0.3 is 15.4 Å². The van der Waals surface area contributed by atoms with E-state index >= 15 is 0 Å². The van der Waals surface area contributed by atoms with Crippen LogP contribution in [0, 0.1) is 0 Å². The van der Waals surface area contributed by atoms with Crippen LogP contribution in [0.15, 0.2) is 71.8 Å². The van der Waals surface area contributed by atoms with Crippen LogP contribution in [0.25, 0.3) is 0 Å². The van der Waals surface area contributed by atoms with Crippen molar-refractivity contribution in [2.45, 2.75) is 13.5 Å². The molecule has 0 aromatic heterocycles. The molecule has 3 amide bonds. The lowest BCUT2D eigenvalue weighted by Gasteiger charge is -2.09. The minimum Gasteiger partial charge on any atom is -0.489 e. The number of nitrogens with one attached hydrogen (secondary N) is 3. The molecule has 3 N–H and O–H groups in total. The lowest BCUT2D eigenvalue weighted by atomic mass is 10.2. The topological polar surface area (TPSA) is 109 Å². The van der Waals surface area contributed by atoms with Crippen molar-refractivity contribution in [1.29, 1.82) is 0 Å². The molecule has 0 aliphatic rings. The third kappa shape index (κ3) is 7.33. The monoisotopic (exact) mass is 498 g/mol. The number of rotatable bonds is 7. The fourth-order valence-electron chi connectivity index (χ4n) is 2.72. The molecule has 0 unspecified atom stereocenters. The Balaban J connectivity index is 1.47. The van der Waals surface area contributed by atoms with Crippen LogP contribution in [0.2, 0.25) is 10.0 Å². The summed E-state index contributed by atoms with van der Waals surface area (Å²) < 4.78 is 5.71. The smallest absolute Gasteiger partial charge is 0.329 e. The average Bonchev–Trinajstić information content (AvgIpc) is 2.80. The molecule has 0 saturated carbocycles. The van der Waals surface area contributed by atoms with Crippen molar-refractivity contribution in [2.24, 2.45) is 5.10 Å². The first kappa shape index (κ1) is 24.8. The average molecular weight is 499 g/mol. The predicted molar refractivity (Wildman–Crippen MR) is 132 cm³/mol. The van der Waals surface area contributed by atoms with E-state index in [9.17, 15) is 14.4 Å². The van der Waals surface area contributed by atoms with Gasteiger partial charge in [-0.05, 0) is 66.2 Å². The summed E-state index contributed by atoms with van der Waals surface area (Å²) in [5, 5.41) is 9.89. The number of hydrazone groups is 1. The number of ether oxygens (including phenoxy) is 1. The lowest BCUT2D eigenvalue weighted by Crippen LogP contribution is -2.32.